The van der Waals surface area contributed by atoms with Crippen molar-refractivity contribution in [2.75, 3.05) is 0 Å². The molecule has 0 N–H and O–H groups in total. The number of hydrogen-bond acceptors (Lipinski definition) is 2. The van der Waals surface area contributed by atoms with Crippen LogP contribution in [-0.2, 0) is 0 Å². The van der Waals surface area contributed by atoms with Crippen molar-refractivity contribution < 1.29 is 9.30 Å². The first-order valence-corrected chi connectivity index (χ1v) is 19.9. The van der Waals surface area contributed by atoms with Crippen LogP contribution >= 0.6 is 0 Å². The predicted octanol–water partition coefficient (Wildman–Crippen LogP) is 13.0. The van der Waals surface area contributed by atoms with Crippen molar-refractivity contribution in [3.05, 3.63) is 213 Å². The van der Waals surface area contributed by atoms with E-state index in [0.717, 1.165) is 95.0 Å². The smallest absolute Gasteiger partial charge is 0.269 e. The molecule has 11 aromatic rings. The lowest BCUT2D eigenvalue weighted by molar-refractivity contribution is -0.571. The van der Waals surface area contributed by atoms with Gasteiger partial charge in [0.25, 0.3) is 6.33 Å². The molecule has 5 heteroatoms. The van der Waals surface area contributed by atoms with Crippen LogP contribution in [0.5, 0.6) is 11.5 Å². The lowest BCUT2D eigenvalue weighted by Gasteiger charge is -2.19. The van der Waals surface area contributed by atoms with Gasteiger partial charge < -0.3 is 4.74 Å². The molecule has 0 unspecified atom stereocenters. The third-order valence-electron chi connectivity index (χ3n) is 11.5. The second-order valence-corrected chi connectivity index (χ2v) is 15.0. The van der Waals surface area contributed by atoms with E-state index in [0.29, 0.717) is 0 Å². The molecule has 8 aromatic carbocycles. The van der Waals surface area contributed by atoms with E-state index in [2.05, 4.69) is 214 Å². The maximum absolute atomic E-state index is 6.74. The molecule has 0 spiro atoms. The predicted molar refractivity (Wildman–Crippen MR) is 238 cm³/mol. The van der Waals surface area contributed by atoms with Crippen LogP contribution in [0.2, 0.25) is 0 Å². The van der Waals surface area contributed by atoms with Gasteiger partial charge in [0.05, 0.1) is 39.1 Å². The Morgan fingerprint density at radius 1 is 0.441 bits per heavy atom. The van der Waals surface area contributed by atoms with Crippen LogP contribution in [0.15, 0.2) is 206 Å². The number of pyridine rings is 1. The number of nitrogens with zero attached hydrogens (tertiary/aromatic N) is 4. The number of aromatic nitrogens is 4. The van der Waals surface area contributed by atoms with E-state index >= 15 is 0 Å². The van der Waals surface area contributed by atoms with Crippen LogP contribution in [0.25, 0.3) is 94.7 Å². The second-order valence-electron chi connectivity index (χ2n) is 15.0. The topological polar surface area (TPSA) is 35.9 Å². The Balaban J connectivity index is 1.18. The highest BCUT2D eigenvalue weighted by Gasteiger charge is 2.23. The van der Waals surface area contributed by atoms with E-state index in [1.54, 1.807) is 0 Å². The van der Waals surface area contributed by atoms with E-state index in [9.17, 15) is 0 Å². The summed E-state index contributed by atoms with van der Waals surface area (Å²) >= 11 is 0. The number of para-hydroxylation sites is 3. The van der Waals surface area contributed by atoms with Gasteiger partial charge >= 0.3 is 0 Å². The summed E-state index contributed by atoms with van der Waals surface area (Å²) in [4.78, 5) is 5.50. The third kappa shape index (κ3) is 5.40. The first-order chi connectivity index (χ1) is 29.2. The molecule has 0 saturated carbocycles. The summed E-state index contributed by atoms with van der Waals surface area (Å²) in [6, 6.07) is 72.6. The number of imidazole rings is 1. The molecule has 0 amide bonds. The van der Waals surface area contributed by atoms with Gasteiger partial charge in [-0.05, 0) is 88.0 Å². The molecule has 0 radical (unpaired) electrons. The summed E-state index contributed by atoms with van der Waals surface area (Å²) in [5.74, 6) is 2.30. The van der Waals surface area contributed by atoms with Gasteiger partial charge in [0.1, 0.15) is 17.3 Å². The Morgan fingerprint density at radius 3 is 2.03 bits per heavy atom. The van der Waals surface area contributed by atoms with Crippen molar-refractivity contribution in [1.82, 2.24) is 14.1 Å². The van der Waals surface area contributed by atoms with Gasteiger partial charge in [0.15, 0.2) is 0 Å². The van der Waals surface area contributed by atoms with Gasteiger partial charge in [0, 0.05) is 22.4 Å². The highest BCUT2D eigenvalue weighted by Crippen LogP contribution is 2.41. The Hall–Kier alpha value is -8.02. The van der Waals surface area contributed by atoms with Crippen molar-refractivity contribution in [2.24, 2.45) is 0 Å². The number of hydrogen-bond donors (Lipinski definition) is 0. The van der Waals surface area contributed by atoms with Crippen LogP contribution in [0.1, 0.15) is 0 Å². The number of benzene rings is 8. The van der Waals surface area contributed by atoms with Crippen LogP contribution < -0.4 is 9.30 Å². The molecule has 1 aliphatic heterocycles. The molecule has 12 rings (SSSR count). The normalized spacial score (nSPS) is 11.9. The summed E-state index contributed by atoms with van der Waals surface area (Å²) in [7, 11) is 0. The molecular formula is C54H34N4O. The molecular weight excluding hydrogens is 721 g/mol. The molecule has 3 aromatic heterocycles. The van der Waals surface area contributed by atoms with Gasteiger partial charge in [-0.25, -0.2) is 4.98 Å². The third-order valence-corrected chi connectivity index (χ3v) is 11.5. The molecule has 0 saturated heterocycles. The lowest BCUT2D eigenvalue weighted by Crippen LogP contribution is -2.31. The van der Waals surface area contributed by atoms with Crippen LogP contribution in [-0.4, -0.2) is 14.1 Å². The molecule has 0 atom stereocenters. The van der Waals surface area contributed by atoms with Crippen molar-refractivity contribution in [3.63, 3.8) is 0 Å². The molecule has 0 aliphatic carbocycles. The highest BCUT2D eigenvalue weighted by atomic mass is 16.5. The average Bonchev–Trinajstić information content (AvgIpc) is 3.85. The zero-order chi connectivity index (χ0) is 38.9. The minimum atomic E-state index is 0.731. The Labute approximate surface area is 340 Å². The fourth-order valence-electron chi connectivity index (χ4n) is 8.85. The first kappa shape index (κ1) is 33.2. The lowest BCUT2D eigenvalue weighted by atomic mass is 9.92. The first-order valence-electron chi connectivity index (χ1n) is 19.9. The van der Waals surface area contributed by atoms with E-state index in [1.807, 2.05) is 12.1 Å². The summed E-state index contributed by atoms with van der Waals surface area (Å²) < 4.78 is 13.4. The van der Waals surface area contributed by atoms with Crippen LogP contribution in [0.4, 0.5) is 0 Å². The maximum Gasteiger partial charge on any atom is 0.269 e. The van der Waals surface area contributed by atoms with E-state index in [-0.39, 0.29) is 0 Å². The SMILES string of the molecule is [c-]1n2c3ccccc3[n+]1-c1c(-c3ccccc3)cccc1-c1ccccc1-c1cccc(n1)-n1c3ccc(-c4ccccc4)cc3c3ccc(cc31)Oc1cccc-2c1. The minimum absolute atomic E-state index is 0.731. The fourth-order valence-corrected chi connectivity index (χ4v) is 8.85. The fraction of sp³-hybridized carbons (Fsp3) is 0. The zero-order valence-electron chi connectivity index (χ0n) is 31.8. The highest BCUT2D eigenvalue weighted by molar-refractivity contribution is 6.11. The Bertz CT molecular complexity index is 3420. The van der Waals surface area contributed by atoms with Crippen LogP contribution in [0, 0.1) is 6.33 Å². The number of ether oxygens (including phenoxy) is 1. The molecule has 1 aliphatic rings. The zero-order valence-corrected chi connectivity index (χ0v) is 31.8. The molecule has 276 valence electrons. The van der Waals surface area contributed by atoms with E-state index in [1.165, 1.54) is 11.1 Å². The molecule has 59 heavy (non-hydrogen) atoms. The quantitative estimate of drug-likeness (QED) is 0.130. The Morgan fingerprint density at radius 2 is 1.15 bits per heavy atom. The number of rotatable bonds is 2. The molecule has 8 bridgehead atoms. The van der Waals surface area contributed by atoms with Gasteiger partial charge in [-0.2, -0.15) is 0 Å². The number of fused-ring (bicyclic) bond motifs is 20. The molecule has 0 fully saturated rings. The Kier molecular flexibility index (Phi) is 7.47. The van der Waals surface area contributed by atoms with Gasteiger partial charge in [-0.15, -0.1) is 0 Å². The van der Waals surface area contributed by atoms with Crippen molar-refractivity contribution >= 4 is 32.8 Å². The van der Waals surface area contributed by atoms with E-state index in [4.69, 9.17) is 9.72 Å². The van der Waals surface area contributed by atoms with Crippen molar-refractivity contribution in [2.45, 2.75) is 0 Å². The maximum atomic E-state index is 6.74. The van der Waals surface area contributed by atoms with Gasteiger partial charge in [-0.1, -0.05) is 146 Å². The van der Waals surface area contributed by atoms with Gasteiger partial charge in [-0.3, -0.25) is 13.7 Å². The van der Waals surface area contributed by atoms with Crippen molar-refractivity contribution in [1.29, 1.82) is 0 Å². The van der Waals surface area contributed by atoms with Crippen LogP contribution in [0.3, 0.4) is 0 Å². The summed E-state index contributed by atoms with van der Waals surface area (Å²) in [5.41, 5.74) is 14.8. The van der Waals surface area contributed by atoms with Crippen molar-refractivity contribution in [3.8, 4) is 73.3 Å². The second kappa shape index (κ2) is 13.3. The van der Waals surface area contributed by atoms with E-state index < -0.39 is 0 Å². The van der Waals surface area contributed by atoms with Gasteiger partial charge in [0.2, 0.25) is 0 Å². The minimum Gasteiger partial charge on any atom is -0.458 e. The summed E-state index contributed by atoms with van der Waals surface area (Å²) in [5, 5.41) is 2.28. The largest absolute Gasteiger partial charge is 0.458 e. The summed E-state index contributed by atoms with van der Waals surface area (Å²) in [6.07, 6.45) is 3.81. The summed E-state index contributed by atoms with van der Waals surface area (Å²) in [6.45, 7) is 0. The molecule has 5 nitrogen and oxygen atoms in total. The monoisotopic (exact) mass is 754 g/mol. The average molecular weight is 755 g/mol. The standard InChI is InChI=1S/C54H34N4O/c1-3-14-36(15-4-1)38-28-31-49-47(32-38)45-30-29-41-34-52(45)58(49)53-27-13-24-48(55-53)44-21-8-7-20-43(44)46-23-12-22-42(37-16-5-2-6-17-37)54(46)57-35-56(50-25-9-10-26-51(50)57)39-18-11-19-40(33-39)59-41/h1-34H. The molecule has 4 heterocycles.